The summed E-state index contributed by atoms with van der Waals surface area (Å²) in [4.78, 5) is 3.32. The predicted octanol–water partition coefficient (Wildman–Crippen LogP) is 4.04. The fourth-order valence-electron chi connectivity index (χ4n) is 2.61. The highest BCUT2D eigenvalue weighted by molar-refractivity contribution is 7.99. The van der Waals surface area contributed by atoms with Crippen LogP contribution in [0.15, 0.2) is 48.3 Å². The van der Waals surface area contributed by atoms with Gasteiger partial charge < -0.3 is 4.98 Å². The number of nitrogens with zero attached hydrogens (tertiary/aromatic N) is 3. The molecule has 2 aromatic heterocycles. The van der Waals surface area contributed by atoms with Gasteiger partial charge in [0, 0.05) is 34.5 Å². The zero-order chi connectivity index (χ0) is 14.2. The van der Waals surface area contributed by atoms with E-state index in [4.69, 9.17) is 0 Å². The van der Waals surface area contributed by atoms with Crippen LogP contribution in [0.5, 0.6) is 0 Å². The molecule has 21 heavy (non-hydrogen) atoms. The molecule has 0 spiro atoms. The Hall–Kier alpha value is -2.01. The Labute approximate surface area is 127 Å². The Kier molecular flexibility index (Phi) is 3.07. The molecule has 0 saturated heterocycles. The van der Waals surface area contributed by atoms with E-state index in [1.54, 1.807) is 11.8 Å². The highest BCUT2D eigenvalue weighted by atomic mass is 32.2. The van der Waals surface area contributed by atoms with Crippen molar-refractivity contribution in [1.29, 1.82) is 0 Å². The highest BCUT2D eigenvalue weighted by Crippen LogP contribution is 2.42. The molecule has 2 heterocycles. The van der Waals surface area contributed by atoms with Crippen molar-refractivity contribution in [1.82, 2.24) is 19.7 Å². The molecule has 0 unspecified atom stereocenters. The number of rotatable bonds is 5. The van der Waals surface area contributed by atoms with E-state index in [1.165, 1.54) is 18.2 Å². The van der Waals surface area contributed by atoms with Gasteiger partial charge in [-0.3, -0.25) is 4.57 Å². The lowest BCUT2D eigenvalue weighted by Crippen LogP contribution is -1.99. The van der Waals surface area contributed by atoms with Gasteiger partial charge in [0.25, 0.3) is 0 Å². The summed E-state index contributed by atoms with van der Waals surface area (Å²) < 4.78 is 2.30. The minimum atomic E-state index is 0.552. The quantitative estimate of drug-likeness (QED) is 0.571. The van der Waals surface area contributed by atoms with Crippen LogP contribution in [0.3, 0.4) is 0 Å². The molecule has 0 amide bonds. The normalized spacial score (nSPS) is 14.7. The van der Waals surface area contributed by atoms with Crippen LogP contribution >= 0.6 is 11.8 Å². The fourth-order valence-corrected chi connectivity index (χ4v) is 3.35. The average molecular weight is 296 g/mol. The lowest BCUT2D eigenvalue weighted by Gasteiger charge is -2.07. The number of hydrogen-bond acceptors (Lipinski definition) is 3. The first-order valence-corrected chi connectivity index (χ1v) is 8.12. The largest absolute Gasteiger partial charge is 0.360 e. The summed E-state index contributed by atoms with van der Waals surface area (Å²) in [6.45, 7) is 3.78. The van der Waals surface area contributed by atoms with E-state index in [-0.39, 0.29) is 0 Å². The zero-order valence-electron chi connectivity index (χ0n) is 11.6. The van der Waals surface area contributed by atoms with Crippen LogP contribution in [0.4, 0.5) is 0 Å². The van der Waals surface area contributed by atoms with Gasteiger partial charge in [-0.15, -0.1) is 16.8 Å². The second-order valence-electron chi connectivity index (χ2n) is 5.25. The van der Waals surface area contributed by atoms with Crippen molar-refractivity contribution in [2.45, 2.75) is 24.0 Å². The number of thioether (sulfide) groups is 1. The Balaban J connectivity index is 1.84. The SMILES string of the molecule is C=CCSc1nnc(-c2c[nH]c3ccccc23)n1C1CC1. The molecule has 0 bridgehead atoms. The summed E-state index contributed by atoms with van der Waals surface area (Å²) in [5.41, 5.74) is 2.27. The standard InChI is InChI=1S/C16H16N4S/c1-2-9-21-16-19-18-15(20(16)11-7-8-11)13-10-17-14-6-4-3-5-12(13)14/h2-6,10-11,17H,1,7-9H2. The molecule has 4 rings (SSSR count). The third-order valence-electron chi connectivity index (χ3n) is 3.74. The predicted molar refractivity (Wildman–Crippen MR) is 86.5 cm³/mol. The maximum absolute atomic E-state index is 4.46. The van der Waals surface area contributed by atoms with Crippen LogP contribution in [0.25, 0.3) is 22.3 Å². The summed E-state index contributed by atoms with van der Waals surface area (Å²) >= 11 is 1.70. The molecule has 5 heteroatoms. The number of benzene rings is 1. The van der Waals surface area contributed by atoms with Gasteiger partial charge in [-0.05, 0) is 18.9 Å². The molecular formula is C16H16N4S. The fraction of sp³-hybridized carbons (Fsp3) is 0.250. The molecule has 1 aromatic carbocycles. The van der Waals surface area contributed by atoms with Gasteiger partial charge in [-0.1, -0.05) is 36.0 Å². The van der Waals surface area contributed by atoms with Crippen LogP contribution in [0, 0.1) is 0 Å². The third-order valence-corrected chi connectivity index (χ3v) is 4.68. The van der Waals surface area contributed by atoms with Crippen molar-refractivity contribution in [2.24, 2.45) is 0 Å². The van der Waals surface area contributed by atoms with Crippen molar-refractivity contribution in [3.63, 3.8) is 0 Å². The van der Waals surface area contributed by atoms with Crippen LogP contribution in [0.2, 0.25) is 0 Å². The van der Waals surface area contributed by atoms with Gasteiger partial charge in [0.2, 0.25) is 0 Å². The van der Waals surface area contributed by atoms with Crippen molar-refractivity contribution in [3.8, 4) is 11.4 Å². The third kappa shape index (κ3) is 2.17. The second-order valence-corrected chi connectivity index (χ2v) is 6.24. The Morgan fingerprint density at radius 3 is 3.00 bits per heavy atom. The minimum absolute atomic E-state index is 0.552. The van der Waals surface area contributed by atoms with Crippen LogP contribution in [-0.4, -0.2) is 25.5 Å². The van der Waals surface area contributed by atoms with Crippen LogP contribution in [-0.2, 0) is 0 Å². The first kappa shape index (κ1) is 12.7. The second kappa shape index (κ2) is 5.07. The lowest BCUT2D eigenvalue weighted by atomic mass is 10.1. The first-order chi connectivity index (χ1) is 10.4. The molecule has 0 aliphatic heterocycles. The Morgan fingerprint density at radius 2 is 2.19 bits per heavy atom. The molecule has 4 nitrogen and oxygen atoms in total. The minimum Gasteiger partial charge on any atom is -0.360 e. The summed E-state index contributed by atoms with van der Waals surface area (Å²) in [6.07, 6.45) is 6.38. The molecular weight excluding hydrogens is 280 g/mol. The summed E-state index contributed by atoms with van der Waals surface area (Å²) in [5, 5.41) is 11.1. The monoisotopic (exact) mass is 296 g/mol. The zero-order valence-corrected chi connectivity index (χ0v) is 12.4. The van der Waals surface area contributed by atoms with E-state index in [1.807, 2.05) is 18.3 Å². The maximum Gasteiger partial charge on any atom is 0.192 e. The van der Waals surface area contributed by atoms with E-state index >= 15 is 0 Å². The number of aromatic amines is 1. The van der Waals surface area contributed by atoms with E-state index in [9.17, 15) is 0 Å². The Bertz CT molecular complexity index is 798. The Morgan fingerprint density at radius 1 is 1.33 bits per heavy atom. The number of nitrogens with one attached hydrogen (secondary N) is 1. The van der Waals surface area contributed by atoms with E-state index in [0.717, 1.165) is 27.8 Å². The lowest BCUT2D eigenvalue weighted by molar-refractivity contribution is 0.670. The van der Waals surface area contributed by atoms with Gasteiger partial charge in [-0.2, -0.15) is 0 Å². The van der Waals surface area contributed by atoms with Gasteiger partial charge in [0.15, 0.2) is 11.0 Å². The molecule has 106 valence electrons. The molecule has 1 saturated carbocycles. The van der Waals surface area contributed by atoms with Gasteiger partial charge in [0.05, 0.1) is 0 Å². The van der Waals surface area contributed by atoms with E-state index in [2.05, 4.69) is 44.5 Å². The van der Waals surface area contributed by atoms with Crippen molar-refractivity contribution < 1.29 is 0 Å². The molecule has 1 aliphatic carbocycles. The average Bonchev–Trinajstić information content (AvgIpc) is 3.13. The summed E-state index contributed by atoms with van der Waals surface area (Å²) in [7, 11) is 0. The first-order valence-electron chi connectivity index (χ1n) is 7.13. The molecule has 3 aromatic rings. The van der Waals surface area contributed by atoms with Crippen molar-refractivity contribution in [2.75, 3.05) is 5.75 Å². The summed E-state index contributed by atoms with van der Waals surface area (Å²) in [5.74, 6) is 1.83. The number of para-hydroxylation sites is 1. The number of fused-ring (bicyclic) bond motifs is 1. The van der Waals surface area contributed by atoms with E-state index < -0.39 is 0 Å². The molecule has 1 fully saturated rings. The van der Waals surface area contributed by atoms with Crippen LogP contribution < -0.4 is 0 Å². The molecule has 0 radical (unpaired) electrons. The van der Waals surface area contributed by atoms with Gasteiger partial charge in [0.1, 0.15) is 0 Å². The molecule has 1 N–H and O–H groups in total. The van der Waals surface area contributed by atoms with E-state index in [0.29, 0.717) is 6.04 Å². The maximum atomic E-state index is 4.46. The topological polar surface area (TPSA) is 46.5 Å². The van der Waals surface area contributed by atoms with Crippen molar-refractivity contribution >= 4 is 22.7 Å². The summed E-state index contributed by atoms with van der Waals surface area (Å²) in [6, 6.07) is 8.87. The number of aromatic nitrogens is 4. The molecule has 1 aliphatic rings. The van der Waals surface area contributed by atoms with Gasteiger partial charge >= 0.3 is 0 Å². The number of H-pyrrole nitrogens is 1. The highest BCUT2D eigenvalue weighted by Gasteiger charge is 2.30. The van der Waals surface area contributed by atoms with Crippen LogP contribution in [0.1, 0.15) is 18.9 Å². The van der Waals surface area contributed by atoms with Gasteiger partial charge in [-0.25, -0.2) is 0 Å². The van der Waals surface area contributed by atoms with Crippen molar-refractivity contribution in [3.05, 3.63) is 43.1 Å². The smallest absolute Gasteiger partial charge is 0.192 e. The molecule has 0 atom stereocenters. The number of hydrogen-bond donors (Lipinski definition) is 1.